The summed E-state index contributed by atoms with van der Waals surface area (Å²) in [6.07, 6.45) is 58.6. The minimum atomic E-state index is -0.811. The number of unbranched alkanes of at least 4 members (excludes halogenated alkanes) is 20. The number of hydrogen-bond acceptors (Lipinski definition) is 6. The van der Waals surface area contributed by atoms with E-state index in [1.165, 1.54) is 83.5 Å². The van der Waals surface area contributed by atoms with E-state index in [4.69, 9.17) is 14.2 Å². The van der Waals surface area contributed by atoms with Crippen molar-refractivity contribution in [3.05, 3.63) is 85.1 Å². The fourth-order valence-electron chi connectivity index (χ4n) is 6.17. The number of carbonyl (C=O) groups is 3. The highest BCUT2D eigenvalue weighted by molar-refractivity contribution is 5.71. The molecule has 0 amide bonds. The minimum Gasteiger partial charge on any atom is -0.462 e. The SMILES string of the molecule is CC\C=C/C=C\C=C/C=C\C=C/CCCCCC(=O)OC(COC(=O)CCC/C=C\CCCCCC)COC(=O)CCCCCCC/C=C\CCCCCCCCC. The van der Waals surface area contributed by atoms with Crippen LogP contribution in [0.3, 0.4) is 0 Å². The van der Waals surface area contributed by atoms with Gasteiger partial charge in [0, 0.05) is 19.3 Å². The van der Waals surface area contributed by atoms with Crippen molar-refractivity contribution in [3.8, 4) is 0 Å². The summed E-state index contributed by atoms with van der Waals surface area (Å²) in [7, 11) is 0. The predicted octanol–water partition coefficient (Wildman–Crippen LogP) is 15.3. The minimum absolute atomic E-state index is 0.108. The van der Waals surface area contributed by atoms with Crippen LogP contribution in [0.15, 0.2) is 85.1 Å². The lowest BCUT2D eigenvalue weighted by Gasteiger charge is -2.18. The van der Waals surface area contributed by atoms with Crippen molar-refractivity contribution in [1.82, 2.24) is 0 Å². The van der Waals surface area contributed by atoms with Crippen LogP contribution in [-0.2, 0) is 28.6 Å². The van der Waals surface area contributed by atoms with E-state index in [9.17, 15) is 14.4 Å². The second-order valence-electron chi connectivity index (χ2n) is 15.4. The van der Waals surface area contributed by atoms with Crippen molar-refractivity contribution < 1.29 is 28.6 Å². The Morgan fingerprint density at radius 1 is 0.362 bits per heavy atom. The molecular weight excluding hydrogens is 721 g/mol. The Morgan fingerprint density at radius 2 is 0.707 bits per heavy atom. The Bertz CT molecular complexity index is 1160. The van der Waals surface area contributed by atoms with Gasteiger partial charge in [0.1, 0.15) is 13.2 Å². The van der Waals surface area contributed by atoms with E-state index in [0.29, 0.717) is 25.7 Å². The van der Waals surface area contributed by atoms with Crippen molar-refractivity contribution in [3.63, 3.8) is 0 Å². The highest BCUT2D eigenvalue weighted by Gasteiger charge is 2.19. The molecule has 0 N–H and O–H groups in total. The zero-order chi connectivity index (χ0) is 42.3. The number of hydrogen-bond donors (Lipinski definition) is 0. The molecule has 0 radical (unpaired) electrons. The topological polar surface area (TPSA) is 78.9 Å². The zero-order valence-electron chi connectivity index (χ0n) is 37.5. The lowest BCUT2D eigenvalue weighted by molar-refractivity contribution is -0.167. The maximum Gasteiger partial charge on any atom is 0.306 e. The van der Waals surface area contributed by atoms with E-state index in [1.807, 2.05) is 48.6 Å². The van der Waals surface area contributed by atoms with Gasteiger partial charge in [-0.2, -0.15) is 0 Å². The van der Waals surface area contributed by atoms with Gasteiger partial charge in [0.2, 0.25) is 0 Å². The average molecular weight is 807 g/mol. The predicted molar refractivity (Wildman–Crippen MR) is 247 cm³/mol. The standard InChI is InChI=1S/C52H86O6/c1-4-7-10-13-16-19-21-23-25-27-28-30-33-36-39-42-45-51(54)57-48-49(47-56-50(53)44-41-38-35-32-18-15-12-9-6-3)58-52(55)46-43-40-37-34-31-29-26-24-22-20-17-14-11-8-5-2/h8,11,14,17,20,22,24-27,29,31-32,35,49H,4-7,9-10,12-13,15-16,18-19,21,23,28,30,33-34,36-48H2,1-3H3/b11-8-,17-14-,22-20-,26-24-,27-25-,31-29-,35-32-. The summed E-state index contributed by atoms with van der Waals surface area (Å²) in [5.41, 5.74) is 0. The molecule has 0 aromatic carbocycles. The molecule has 0 rings (SSSR count). The van der Waals surface area contributed by atoms with Gasteiger partial charge in [0.15, 0.2) is 6.10 Å². The number of allylic oxidation sites excluding steroid dienone is 14. The third-order valence-electron chi connectivity index (χ3n) is 9.73. The number of carbonyl (C=O) groups excluding carboxylic acids is 3. The van der Waals surface area contributed by atoms with Crippen molar-refractivity contribution in [2.45, 2.75) is 213 Å². The first kappa shape index (κ1) is 54.6. The maximum atomic E-state index is 12.7. The largest absolute Gasteiger partial charge is 0.462 e. The fourth-order valence-corrected chi connectivity index (χ4v) is 6.17. The lowest BCUT2D eigenvalue weighted by atomic mass is 10.1. The molecule has 0 heterocycles. The van der Waals surface area contributed by atoms with E-state index in [-0.39, 0.29) is 37.5 Å². The van der Waals surface area contributed by atoms with Gasteiger partial charge in [-0.3, -0.25) is 14.4 Å². The van der Waals surface area contributed by atoms with Crippen LogP contribution in [0.4, 0.5) is 0 Å². The molecule has 0 aliphatic carbocycles. The maximum absolute atomic E-state index is 12.7. The normalized spacial score (nSPS) is 12.8. The molecule has 0 bridgehead atoms. The Hall–Kier alpha value is -3.41. The lowest BCUT2D eigenvalue weighted by Crippen LogP contribution is -2.30. The molecule has 0 aliphatic rings. The molecule has 1 atom stereocenters. The summed E-state index contributed by atoms with van der Waals surface area (Å²) in [6.45, 7) is 6.37. The van der Waals surface area contributed by atoms with Crippen LogP contribution < -0.4 is 0 Å². The van der Waals surface area contributed by atoms with Crippen LogP contribution in [0.2, 0.25) is 0 Å². The third-order valence-corrected chi connectivity index (χ3v) is 9.73. The second-order valence-corrected chi connectivity index (χ2v) is 15.4. The summed E-state index contributed by atoms with van der Waals surface area (Å²) < 4.78 is 16.6. The van der Waals surface area contributed by atoms with E-state index in [0.717, 1.165) is 70.6 Å². The molecular formula is C52H86O6. The van der Waals surface area contributed by atoms with Crippen molar-refractivity contribution in [2.75, 3.05) is 13.2 Å². The Labute approximate surface area is 356 Å². The van der Waals surface area contributed by atoms with Crippen molar-refractivity contribution in [1.29, 1.82) is 0 Å². The summed E-state index contributed by atoms with van der Waals surface area (Å²) in [4.78, 5) is 37.7. The van der Waals surface area contributed by atoms with Gasteiger partial charge >= 0.3 is 17.9 Å². The van der Waals surface area contributed by atoms with Crippen molar-refractivity contribution >= 4 is 17.9 Å². The number of rotatable bonds is 41. The molecule has 1 unspecified atom stereocenters. The van der Waals surface area contributed by atoms with Gasteiger partial charge in [-0.1, -0.05) is 189 Å². The first-order chi connectivity index (χ1) is 28.5. The van der Waals surface area contributed by atoms with Gasteiger partial charge < -0.3 is 14.2 Å². The monoisotopic (exact) mass is 807 g/mol. The molecule has 0 spiro atoms. The zero-order valence-corrected chi connectivity index (χ0v) is 37.5. The van der Waals surface area contributed by atoms with Gasteiger partial charge in [-0.25, -0.2) is 0 Å². The number of esters is 3. The summed E-state index contributed by atoms with van der Waals surface area (Å²) in [5, 5.41) is 0. The quantitative estimate of drug-likeness (QED) is 0.0201. The van der Waals surface area contributed by atoms with Crippen LogP contribution in [0.25, 0.3) is 0 Å². The fraction of sp³-hybridized carbons (Fsp3) is 0.673. The Balaban J connectivity index is 4.47. The highest BCUT2D eigenvalue weighted by Crippen LogP contribution is 2.12. The van der Waals surface area contributed by atoms with E-state index >= 15 is 0 Å². The van der Waals surface area contributed by atoms with Crippen LogP contribution in [0.5, 0.6) is 0 Å². The molecule has 0 aliphatic heterocycles. The van der Waals surface area contributed by atoms with E-state index in [1.54, 1.807) is 0 Å². The molecule has 58 heavy (non-hydrogen) atoms. The summed E-state index contributed by atoms with van der Waals surface area (Å²) in [6, 6.07) is 0. The molecule has 0 fully saturated rings. The van der Waals surface area contributed by atoms with Crippen LogP contribution in [-0.4, -0.2) is 37.2 Å². The molecule has 0 saturated heterocycles. The first-order valence-electron chi connectivity index (χ1n) is 23.7. The van der Waals surface area contributed by atoms with Gasteiger partial charge in [-0.05, 0) is 83.5 Å². The Kier molecular flexibility index (Phi) is 43.6. The van der Waals surface area contributed by atoms with Crippen LogP contribution >= 0.6 is 0 Å². The molecule has 330 valence electrons. The second kappa shape index (κ2) is 46.3. The average Bonchev–Trinajstić information content (AvgIpc) is 3.22. The molecule has 0 aromatic heterocycles. The first-order valence-corrected chi connectivity index (χ1v) is 23.7. The molecule has 6 heteroatoms. The van der Waals surface area contributed by atoms with E-state index < -0.39 is 6.10 Å². The summed E-state index contributed by atoms with van der Waals surface area (Å²) in [5.74, 6) is -1.00. The Morgan fingerprint density at radius 3 is 1.21 bits per heavy atom. The smallest absolute Gasteiger partial charge is 0.306 e. The van der Waals surface area contributed by atoms with Crippen LogP contribution in [0, 0.1) is 0 Å². The van der Waals surface area contributed by atoms with Gasteiger partial charge in [0.05, 0.1) is 0 Å². The van der Waals surface area contributed by atoms with Gasteiger partial charge in [0.25, 0.3) is 0 Å². The molecule has 0 aromatic rings. The summed E-state index contributed by atoms with van der Waals surface area (Å²) >= 11 is 0. The number of ether oxygens (including phenoxy) is 3. The highest BCUT2D eigenvalue weighted by atomic mass is 16.6. The van der Waals surface area contributed by atoms with Crippen LogP contribution in [0.1, 0.15) is 207 Å². The van der Waals surface area contributed by atoms with E-state index in [2.05, 4.69) is 57.2 Å². The van der Waals surface area contributed by atoms with Crippen molar-refractivity contribution in [2.24, 2.45) is 0 Å². The molecule has 6 nitrogen and oxygen atoms in total. The van der Waals surface area contributed by atoms with Gasteiger partial charge in [-0.15, -0.1) is 0 Å². The molecule has 0 saturated carbocycles. The third kappa shape index (κ3) is 43.7.